The number of aliphatic hydroxyl groups is 1. The maximum atomic E-state index is 16.1. The molecule has 232 valence electrons. The Bertz CT molecular complexity index is 1600. The van der Waals surface area contributed by atoms with E-state index in [2.05, 4.69) is 21.5 Å². The van der Waals surface area contributed by atoms with E-state index in [0.29, 0.717) is 41.6 Å². The number of hydrogen-bond donors (Lipinski definition) is 2. The van der Waals surface area contributed by atoms with Crippen LogP contribution < -0.4 is 10.6 Å². The molecular formula is C32H38F2N8O2. The fourth-order valence-corrected chi connectivity index (χ4v) is 5.93. The number of amidine groups is 1. The van der Waals surface area contributed by atoms with Crippen molar-refractivity contribution < 1.29 is 18.7 Å². The van der Waals surface area contributed by atoms with Crippen LogP contribution in [-0.4, -0.2) is 73.1 Å². The largest absolute Gasteiger partial charge is 0.398 e. The zero-order valence-corrected chi connectivity index (χ0v) is 25.8. The van der Waals surface area contributed by atoms with Gasteiger partial charge >= 0.3 is 0 Å². The molecule has 1 aromatic carbocycles. The van der Waals surface area contributed by atoms with Crippen molar-refractivity contribution in [2.45, 2.75) is 71.8 Å². The highest BCUT2D eigenvalue weighted by atomic mass is 19.1. The van der Waals surface area contributed by atoms with Crippen LogP contribution >= 0.6 is 0 Å². The van der Waals surface area contributed by atoms with Gasteiger partial charge in [-0.15, -0.1) is 0 Å². The van der Waals surface area contributed by atoms with Crippen LogP contribution in [0, 0.1) is 11.6 Å². The number of piperazine rings is 1. The van der Waals surface area contributed by atoms with Crippen LogP contribution in [0.5, 0.6) is 0 Å². The van der Waals surface area contributed by atoms with Crippen LogP contribution in [0.2, 0.25) is 0 Å². The first-order valence-corrected chi connectivity index (χ1v) is 14.7. The Balaban J connectivity index is 1.77. The Morgan fingerprint density at radius 2 is 1.73 bits per heavy atom. The number of aliphatic imine (C=N–C) groups is 1. The van der Waals surface area contributed by atoms with Gasteiger partial charge in [0.05, 0.1) is 28.2 Å². The van der Waals surface area contributed by atoms with Gasteiger partial charge in [0.1, 0.15) is 29.5 Å². The molecule has 0 spiro atoms. The monoisotopic (exact) mass is 604 g/mol. The first-order valence-electron chi connectivity index (χ1n) is 14.7. The van der Waals surface area contributed by atoms with Crippen LogP contribution in [0.25, 0.3) is 11.3 Å². The lowest BCUT2D eigenvalue weighted by atomic mass is 9.98. The smallest absolute Gasteiger partial charge is 0.246 e. The molecule has 3 N–H and O–H groups in total. The van der Waals surface area contributed by atoms with Gasteiger partial charge in [0.15, 0.2) is 5.82 Å². The zero-order valence-electron chi connectivity index (χ0n) is 25.8. The quantitative estimate of drug-likeness (QED) is 0.311. The number of nitrogens with zero attached hydrogens (tertiary/aromatic N) is 7. The number of benzene rings is 1. The van der Waals surface area contributed by atoms with E-state index in [0.717, 1.165) is 0 Å². The lowest BCUT2D eigenvalue weighted by molar-refractivity contribution is -0.130. The maximum Gasteiger partial charge on any atom is 0.246 e. The predicted molar refractivity (Wildman–Crippen MR) is 166 cm³/mol. The number of aromatic nitrogens is 3. The summed E-state index contributed by atoms with van der Waals surface area (Å²) in [7, 11) is 0. The molecule has 12 heteroatoms. The number of amides is 1. The summed E-state index contributed by atoms with van der Waals surface area (Å²) >= 11 is 0. The minimum absolute atomic E-state index is 0.0207. The summed E-state index contributed by atoms with van der Waals surface area (Å²) in [4.78, 5) is 36.1. The van der Waals surface area contributed by atoms with Crippen LogP contribution in [0.3, 0.4) is 0 Å². The molecule has 44 heavy (non-hydrogen) atoms. The van der Waals surface area contributed by atoms with Crippen molar-refractivity contribution in [3.8, 4) is 11.3 Å². The number of nitrogen functional groups attached to an aromatic ring is 1. The zero-order chi connectivity index (χ0) is 32.0. The molecule has 4 heterocycles. The number of halogens is 2. The number of anilines is 3. The number of pyridine rings is 1. The molecule has 2 aromatic heterocycles. The van der Waals surface area contributed by atoms with Gasteiger partial charge in [-0.25, -0.2) is 28.7 Å². The lowest BCUT2D eigenvalue weighted by Crippen LogP contribution is -2.60. The summed E-state index contributed by atoms with van der Waals surface area (Å²) in [6.45, 7) is 16.0. The summed E-state index contributed by atoms with van der Waals surface area (Å²) < 4.78 is 31.2. The van der Waals surface area contributed by atoms with Crippen LogP contribution in [-0.2, 0) is 4.79 Å². The van der Waals surface area contributed by atoms with Crippen molar-refractivity contribution in [3.05, 3.63) is 71.8 Å². The van der Waals surface area contributed by atoms with Gasteiger partial charge in [0.25, 0.3) is 0 Å². The average molecular weight is 605 g/mol. The van der Waals surface area contributed by atoms with E-state index in [1.807, 2.05) is 46.4 Å². The van der Waals surface area contributed by atoms with Gasteiger partial charge in [-0.1, -0.05) is 40.3 Å². The first kappa shape index (κ1) is 31.0. The highest BCUT2D eigenvalue weighted by Gasteiger charge is 2.40. The molecule has 5 rings (SSSR count). The Morgan fingerprint density at radius 1 is 1.07 bits per heavy atom. The third-order valence-electron chi connectivity index (χ3n) is 8.11. The Labute approximate surface area is 256 Å². The Kier molecular flexibility index (Phi) is 8.39. The minimum Gasteiger partial charge on any atom is -0.398 e. The van der Waals surface area contributed by atoms with Crippen molar-refractivity contribution in [1.82, 2.24) is 24.8 Å². The van der Waals surface area contributed by atoms with Crippen LogP contribution in [0.1, 0.15) is 70.3 Å². The molecule has 3 aromatic rings. The number of aliphatic hydroxyl groups excluding tert-OH is 1. The van der Waals surface area contributed by atoms with Gasteiger partial charge < -0.3 is 20.6 Å². The third kappa shape index (κ3) is 5.27. The minimum atomic E-state index is -1.50. The van der Waals surface area contributed by atoms with Gasteiger partial charge in [0.2, 0.25) is 12.3 Å². The van der Waals surface area contributed by atoms with Crippen molar-refractivity contribution in [2.75, 3.05) is 23.7 Å². The van der Waals surface area contributed by atoms with Gasteiger partial charge in [-0.3, -0.25) is 9.69 Å². The van der Waals surface area contributed by atoms with Gasteiger partial charge in [-0.05, 0) is 50.0 Å². The molecule has 0 aliphatic carbocycles. The molecule has 1 amide bonds. The van der Waals surface area contributed by atoms with Crippen molar-refractivity contribution in [3.63, 3.8) is 0 Å². The molecule has 2 aliphatic rings. The fourth-order valence-electron chi connectivity index (χ4n) is 5.93. The number of hydrogen-bond acceptors (Lipinski definition) is 9. The van der Waals surface area contributed by atoms with Crippen LogP contribution in [0.4, 0.5) is 26.0 Å². The lowest BCUT2D eigenvalue weighted by Gasteiger charge is -2.47. The molecule has 0 radical (unpaired) electrons. The van der Waals surface area contributed by atoms with Gasteiger partial charge in [-0.2, -0.15) is 0 Å². The Hall–Kier alpha value is -4.45. The average Bonchev–Trinajstić information content (AvgIpc) is 2.97. The van der Waals surface area contributed by atoms with E-state index in [1.165, 1.54) is 41.6 Å². The third-order valence-corrected chi connectivity index (χ3v) is 8.11. The van der Waals surface area contributed by atoms with E-state index < -0.39 is 18.0 Å². The standard InChI is InChI=1S/C32H38F2N8O2/c1-8-24(43)40-13-19(7)41(14-18(40)6)30-20-12-22(34)28(25-21(33)10-9-11-23(25)35)38-31(20)42(32(44)39-30)29-26(16(2)3)36-15-37-27(29)17(4)5/h8-12,15-19,32,44H,1,13-14,35H2,2-7H3/t18-,19+,32?/m1/s1. The molecule has 10 nitrogen and oxygen atoms in total. The normalized spacial score (nSPS) is 20.2. The highest BCUT2D eigenvalue weighted by molar-refractivity contribution is 6.06. The topological polar surface area (TPSA) is 124 Å². The van der Waals surface area contributed by atoms with E-state index >= 15 is 8.78 Å². The molecule has 1 saturated heterocycles. The van der Waals surface area contributed by atoms with E-state index in [-0.39, 0.29) is 52.6 Å². The van der Waals surface area contributed by atoms with E-state index in [1.54, 1.807) is 4.90 Å². The molecule has 1 unspecified atom stereocenters. The summed E-state index contributed by atoms with van der Waals surface area (Å²) in [6.07, 6.45) is 1.26. The number of rotatable bonds is 5. The summed E-state index contributed by atoms with van der Waals surface area (Å²) in [5, 5.41) is 11.8. The summed E-state index contributed by atoms with van der Waals surface area (Å²) in [5.74, 6) is -1.41. The van der Waals surface area contributed by atoms with Crippen molar-refractivity contribution in [1.29, 1.82) is 0 Å². The SMILES string of the molecule is C=CC(=O)N1C[C@H](C)N(C2=NC(O)N(c3c(C(C)C)ncnc3C(C)C)c3nc(-c4c(N)cccc4F)c(F)cc32)C[C@H]1C. The molecular weight excluding hydrogens is 566 g/mol. The Morgan fingerprint density at radius 3 is 2.32 bits per heavy atom. The summed E-state index contributed by atoms with van der Waals surface area (Å²) in [6, 6.07) is 4.89. The van der Waals surface area contributed by atoms with Gasteiger partial charge in [0, 0.05) is 30.9 Å². The molecule has 0 bridgehead atoms. The second-order valence-electron chi connectivity index (χ2n) is 11.9. The number of fused-ring (bicyclic) bond motifs is 1. The number of carbonyl (C=O) groups excluding carboxylic acids is 1. The molecule has 2 aliphatic heterocycles. The highest BCUT2D eigenvalue weighted by Crippen LogP contribution is 2.43. The second kappa shape index (κ2) is 11.9. The fraction of sp³-hybridized carbons (Fsp3) is 0.406. The molecule has 0 saturated carbocycles. The van der Waals surface area contributed by atoms with E-state index in [4.69, 9.17) is 10.7 Å². The summed E-state index contributed by atoms with van der Waals surface area (Å²) in [5.41, 5.74) is 7.75. The van der Waals surface area contributed by atoms with Crippen molar-refractivity contribution >= 4 is 28.9 Å². The molecule has 1 fully saturated rings. The van der Waals surface area contributed by atoms with E-state index in [9.17, 15) is 9.90 Å². The second-order valence-corrected chi connectivity index (χ2v) is 11.9. The number of nitrogens with two attached hydrogens (primary N) is 1. The molecule has 3 atom stereocenters. The first-order chi connectivity index (χ1) is 20.8. The van der Waals surface area contributed by atoms with Crippen LogP contribution in [0.15, 0.2) is 48.2 Å². The van der Waals surface area contributed by atoms with Crippen molar-refractivity contribution in [2.24, 2.45) is 4.99 Å². The predicted octanol–water partition coefficient (Wildman–Crippen LogP) is 4.93. The number of carbonyl (C=O) groups is 1. The maximum absolute atomic E-state index is 16.1.